The zero-order valence-electron chi connectivity index (χ0n) is 14.3. The monoisotopic (exact) mass is 393 g/mol. The van der Waals surface area contributed by atoms with Crippen molar-refractivity contribution in [3.05, 3.63) is 58.6 Å². The van der Waals surface area contributed by atoms with Gasteiger partial charge in [-0.25, -0.2) is 4.79 Å². The second-order valence-electron chi connectivity index (χ2n) is 5.96. The molecule has 5 nitrogen and oxygen atoms in total. The van der Waals surface area contributed by atoms with Gasteiger partial charge in [0.05, 0.1) is 17.3 Å². The van der Waals surface area contributed by atoms with Crippen LogP contribution in [0.2, 0.25) is 10.0 Å². The number of benzene rings is 2. The van der Waals surface area contributed by atoms with E-state index in [2.05, 4.69) is 10.2 Å². The van der Waals surface area contributed by atoms with Crippen molar-refractivity contribution in [1.82, 2.24) is 10.2 Å². The molecule has 1 N–H and O–H groups in total. The number of piperazine rings is 1. The molecule has 0 aliphatic carbocycles. The summed E-state index contributed by atoms with van der Waals surface area (Å²) in [5, 5.41) is 4.30. The normalized spacial score (nSPS) is 14.2. The molecule has 0 saturated carbocycles. The van der Waals surface area contributed by atoms with Crippen LogP contribution in [0.5, 0.6) is 5.75 Å². The van der Waals surface area contributed by atoms with Gasteiger partial charge in [0.2, 0.25) is 0 Å². The van der Waals surface area contributed by atoms with E-state index in [0.29, 0.717) is 31.3 Å². The third-order valence-electron chi connectivity index (χ3n) is 4.22. The number of anilines is 1. The standard InChI is InChI=1S/C19H21Cl2N3O2/c20-15-5-7-16(8-6-15)26-14-9-22-19(25)24-12-10-23(11-13-24)18-4-2-1-3-17(18)21/h1-8H,9-14H2,(H,22,25). The predicted octanol–water partition coefficient (Wildman–Crippen LogP) is 3.90. The molecule has 0 aromatic heterocycles. The molecule has 3 rings (SSSR count). The van der Waals surface area contributed by atoms with Crippen LogP contribution in [0.1, 0.15) is 0 Å². The number of carbonyl (C=O) groups excluding carboxylic acids is 1. The lowest BCUT2D eigenvalue weighted by Gasteiger charge is -2.36. The first kappa shape index (κ1) is 18.7. The Labute approximate surface area is 163 Å². The van der Waals surface area contributed by atoms with Crippen LogP contribution in [0.4, 0.5) is 10.5 Å². The number of carbonyl (C=O) groups is 1. The van der Waals surface area contributed by atoms with Crippen LogP contribution in [0, 0.1) is 0 Å². The smallest absolute Gasteiger partial charge is 0.317 e. The van der Waals surface area contributed by atoms with Gasteiger partial charge < -0.3 is 19.9 Å². The second-order valence-corrected chi connectivity index (χ2v) is 6.80. The van der Waals surface area contributed by atoms with E-state index < -0.39 is 0 Å². The Kier molecular flexibility index (Phi) is 6.47. The number of para-hydroxylation sites is 1. The zero-order chi connectivity index (χ0) is 18.4. The van der Waals surface area contributed by atoms with E-state index in [1.54, 1.807) is 24.3 Å². The van der Waals surface area contributed by atoms with Gasteiger partial charge in [0, 0.05) is 31.2 Å². The molecule has 1 saturated heterocycles. The molecule has 2 amide bonds. The summed E-state index contributed by atoms with van der Waals surface area (Å²) in [5.41, 5.74) is 1.02. The number of amides is 2. The highest BCUT2D eigenvalue weighted by molar-refractivity contribution is 6.33. The topological polar surface area (TPSA) is 44.8 Å². The lowest BCUT2D eigenvalue weighted by atomic mass is 10.2. The Morgan fingerprint density at radius 1 is 1.00 bits per heavy atom. The average Bonchev–Trinajstić information content (AvgIpc) is 2.67. The molecular formula is C19H21Cl2N3O2. The number of urea groups is 1. The fraction of sp³-hybridized carbons (Fsp3) is 0.316. The summed E-state index contributed by atoms with van der Waals surface area (Å²) in [6.45, 7) is 3.71. The predicted molar refractivity (Wildman–Crippen MR) is 106 cm³/mol. The molecule has 0 unspecified atom stereocenters. The van der Waals surface area contributed by atoms with Gasteiger partial charge in [-0.05, 0) is 36.4 Å². The third kappa shape index (κ3) is 4.96. The van der Waals surface area contributed by atoms with Gasteiger partial charge >= 0.3 is 6.03 Å². The molecule has 2 aromatic rings. The minimum Gasteiger partial charge on any atom is -0.492 e. The highest BCUT2D eigenvalue weighted by Crippen LogP contribution is 2.26. The molecule has 0 radical (unpaired) electrons. The molecular weight excluding hydrogens is 373 g/mol. The first-order chi connectivity index (χ1) is 12.6. The molecule has 0 bridgehead atoms. The molecule has 26 heavy (non-hydrogen) atoms. The van der Waals surface area contributed by atoms with Crippen molar-refractivity contribution in [1.29, 1.82) is 0 Å². The minimum absolute atomic E-state index is 0.0662. The van der Waals surface area contributed by atoms with E-state index in [0.717, 1.165) is 29.5 Å². The van der Waals surface area contributed by atoms with Crippen molar-refractivity contribution >= 4 is 34.9 Å². The van der Waals surface area contributed by atoms with Crippen molar-refractivity contribution < 1.29 is 9.53 Å². The Morgan fingerprint density at radius 2 is 1.69 bits per heavy atom. The van der Waals surface area contributed by atoms with E-state index in [1.807, 2.05) is 29.2 Å². The van der Waals surface area contributed by atoms with Crippen LogP contribution < -0.4 is 15.0 Å². The highest BCUT2D eigenvalue weighted by Gasteiger charge is 2.21. The lowest BCUT2D eigenvalue weighted by molar-refractivity contribution is 0.191. The fourth-order valence-electron chi connectivity index (χ4n) is 2.83. The Balaban J connectivity index is 1.38. The number of halogens is 2. The molecule has 7 heteroatoms. The summed E-state index contributed by atoms with van der Waals surface area (Å²) in [7, 11) is 0. The van der Waals surface area contributed by atoms with Crippen molar-refractivity contribution in [3.8, 4) is 5.75 Å². The quantitative estimate of drug-likeness (QED) is 0.783. The Bertz CT molecular complexity index is 732. The molecule has 1 aliphatic heterocycles. The van der Waals surface area contributed by atoms with Crippen LogP contribution in [-0.2, 0) is 0 Å². The van der Waals surface area contributed by atoms with Crippen molar-refractivity contribution in [2.24, 2.45) is 0 Å². The van der Waals surface area contributed by atoms with Gasteiger partial charge in [-0.2, -0.15) is 0 Å². The number of hydrogen-bond donors (Lipinski definition) is 1. The summed E-state index contributed by atoms with van der Waals surface area (Å²) in [6, 6.07) is 14.9. The Hall–Kier alpha value is -2.11. The second kappa shape index (κ2) is 9.01. The van der Waals surface area contributed by atoms with Gasteiger partial charge in [-0.1, -0.05) is 35.3 Å². The summed E-state index contributed by atoms with van der Waals surface area (Å²) < 4.78 is 5.57. The molecule has 1 heterocycles. The maximum Gasteiger partial charge on any atom is 0.317 e. The summed E-state index contributed by atoms with van der Waals surface area (Å²) in [6.07, 6.45) is 0. The SMILES string of the molecule is O=C(NCCOc1ccc(Cl)cc1)N1CCN(c2ccccc2Cl)CC1. The molecule has 1 aliphatic rings. The average molecular weight is 394 g/mol. The zero-order valence-corrected chi connectivity index (χ0v) is 15.8. The van der Waals surface area contributed by atoms with Gasteiger partial charge in [0.15, 0.2) is 0 Å². The molecule has 1 fully saturated rings. The van der Waals surface area contributed by atoms with E-state index in [1.165, 1.54) is 0 Å². The van der Waals surface area contributed by atoms with Crippen molar-refractivity contribution in [2.75, 3.05) is 44.2 Å². The van der Waals surface area contributed by atoms with Crippen LogP contribution in [0.25, 0.3) is 0 Å². The summed E-state index contributed by atoms with van der Waals surface area (Å²) in [4.78, 5) is 16.3. The number of rotatable bonds is 5. The van der Waals surface area contributed by atoms with Gasteiger partial charge in [-0.15, -0.1) is 0 Å². The molecule has 2 aromatic carbocycles. The maximum atomic E-state index is 12.3. The van der Waals surface area contributed by atoms with Gasteiger partial charge in [0.25, 0.3) is 0 Å². The lowest BCUT2D eigenvalue weighted by Crippen LogP contribution is -2.52. The largest absolute Gasteiger partial charge is 0.492 e. The molecule has 0 spiro atoms. The van der Waals surface area contributed by atoms with Crippen LogP contribution in [0.3, 0.4) is 0 Å². The first-order valence-electron chi connectivity index (χ1n) is 8.54. The van der Waals surface area contributed by atoms with E-state index in [9.17, 15) is 4.79 Å². The van der Waals surface area contributed by atoms with Crippen LogP contribution in [0.15, 0.2) is 48.5 Å². The number of nitrogens with zero attached hydrogens (tertiary/aromatic N) is 2. The minimum atomic E-state index is -0.0662. The van der Waals surface area contributed by atoms with Gasteiger partial charge in [0.1, 0.15) is 12.4 Å². The van der Waals surface area contributed by atoms with Crippen molar-refractivity contribution in [2.45, 2.75) is 0 Å². The van der Waals surface area contributed by atoms with E-state index in [-0.39, 0.29) is 6.03 Å². The maximum absolute atomic E-state index is 12.3. The first-order valence-corrected chi connectivity index (χ1v) is 9.30. The van der Waals surface area contributed by atoms with Crippen LogP contribution in [-0.4, -0.2) is 50.3 Å². The third-order valence-corrected chi connectivity index (χ3v) is 4.79. The number of ether oxygens (including phenoxy) is 1. The number of hydrogen-bond acceptors (Lipinski definition) is 3. The van der Waals surface area contributed by atoms with E-state index in [4.69, 9.17) is 27.9 Å². The van der Waals surface area contributed by atoms with E-state index >= 15 is 0 Å². The van der Waals surface area contributed by atoms with Crippen molar-refractivity contribution in [3.63, 3.8) is 0 Å². The number of nitrogens with one attached hydrogen (secondary N) is 1. The summed E-state index contributed by atoms with van der Waals surface area (Å²) in [5.74, 6) is 0.733. The summed E-state index contributed by atoms with van der Waals surface area (Å²) >= 11 is 12.1. The van der Waals surface area contributed by atoms with Crippen LogP contribution >= 0.6 is 23.2 Å². The molecule has 138 valence electrons. The van der Waals surface area contributed by atoms with Gasteiger partial charge in [-0.3, -0.25) is 0 Å². The highest BCUT2D eigenvalue weighted by atomic mass is 35.5. The Morgan fingerprint density at radius 3 is 2.38 bits per heavy atom. The molecule has 0 atom stereocenters. The fourth-order valence-corrected chi connectivity index (χ4v) is 3.21.